The third-order valence-electron chi connectivity index (χ3n) is 2.52. The summed E-state index contributed by atoms with van der Waals surface area (Å²) in [4.78, 5) is 0. The highest BCUT2D eigenvalue weighted by Gasteiger charge is 2.20. The Morgan fingerprint density at radius 2 is 2.00 bits per heavy atom. The average molecular weight is 156 g/mol. The van der Waals surface area contributed by atoms with Gasteiger partial charge >= 0.3 is 0 Å². The first-order valence-corrected chi connectivity index (χ1v) is 4.82. The highest BCUT2D eigenvalue weighted by molar-refractivity contribution is 4.74. The van der Waals surface area contributed by atoms with Crippen molar-refractivity contribution in [2.75, 3.05) is 13.6 Å². The molecule has 0 saturated heterocycles. The van der Waals surface area contributed by atoms with Crippen LogP contribution in [0.2, 0.25) is 0 Å². The molecule has 11 heavy (non-hydrogen) atoms. The molecule has 0 heterocycles. The maximum absolute atomic E-state index is 3.28. The minimum absolute atomic E-state index is 0.819. The van der Waals surface area contributed by atoms with E-state index in [4.69, 9.17) is 0 Å². The molecule has 2 nitrogen and oxygen atoms in total. The summed E-state index contributed by atoms with van der Waals surface area (Å²) >= 11 is 0. The average Bonchev–Trinajstić information content (AvgIpc) is 2.52. The van der Waals surface area contributed by atoms with Crippen LogP contribution >= 0.6 is 0 Å². The number of nitrogens with one attached hydrogen (secondary N) is 1. The van der Waals surface area contributed by atoms with E-state index < -0.39 is 0 Å². The van der Waals surface area contributed by atoms with Crippen molar-refractivity contribution in [1.29, 1.82) is 0 Å². The molecule has 0 unspecified atom stereocenters. The Morgan fingerprint density at radius 3 is 2.45 bits per heavy atom. The second-order valence-electron chi connectivity index (χ2n) is 3.36. The molecule has 1 N–H and O–H groups in total. The van der Waals surface area contributed by atoms with Gasteiger partial charge in [0, 0.05) is 12.6 Å². The fourth-order valence-corrected chi connectivity index (χ4v) is 1.93. The van der Waals surface area contributed by atoms with Crippen LogP contribution in [0.1, 0.15) is 39.0 Å². The second kappa shape index (κ2) is 4.73. The van der Waals surface area contributed by atoms with Crippen LogP contribution < -0.4 is 5.43 Å². The van der Waals surface area contributed by atoms with Gasteiger partial charge in [-0.2, -0.15) is 0 Å². The normalized spacial score (nSPS) is 19.9. The van der Waals surface area contributed by atoms with Crippen LogP contribution in [-0.4, -0.2) is 24.6 Å². The molecule has 0 amide bonds. The number of hydrogen-bond donors (Lipinski definition) is 1. The molecule has 66 valence electrons. The molecule has 1 fully saturated rings. The predicted octanol–water partition coefficient (Wildman–Crippen LogP) is 1.78. The minimum atomic E-state index is 0.819. The maximum Gasteiger partial charge on any atom is 0.0243 e. The smallest absolute Gasteiger partial charge is 0.0243 e. The molecule has 1 rings (SSSR count). The van der Waals surface area contributed by atoms with Gasteiger partial charge in [0.2, 0.25) is 0 Å². The Bertz CT molecular complexity index is 97.7. The van der Waals surface area contributed by atoms with Crippen molar-refractivity contribution in [3.05, 3.63) is 0 Å². The minimum Gasteiger partial charge on any atom is -0.258 e. The molecule has 0 aromatic carbocycles. The van der Waals surface area contributed by atoms with Crippen LogP contribution in [0.4, 0.5) is 0 Å². The van der Waals surface area contributed by atoms with Gasteiger partial charge in [0.15, 0.2) is 0 Å². The van der Waals surface area contributed by atoms with Gasteiger partial charge in [-0.1, -0.05) is 19.8 Å². The number of hydrogen-bond acceptors (Lipinski definition) is 2. The lowest BCUT2D eigenvalue weighted by Gasteiger charge is -2.26. The zero-order valence-electron chi connectivity index (χ0n) is 7.77. The molecule has 0 aromatic rings. The lowest BCUT2D eigenvalue weighted by atomic mass is 10.2. The van der Waals surface area contributed by atoms with E-state index in [1.807, 2.05) is 7.05 Å². The summed E-state index contributed by atoms with van der Waals surface area (Å²) in [7, 11) is 2.04. The van der Waals surface area contributed by atoms with E-state index in [0.29, 0.717) is 0 Å². The Balaban J connectivity index is 2.27. The second-order valence-corrected chi connectivity index (χ2v) is 3.36. The molecule has 1 saturated carbocycles. The van der Waals surface area contributed by atoms with Crippen molar-refractivity contribution in [1.82, 2.24) is 10.4 Å². The first kappa shape index (κ1) is 9.01. The summed E-state index contributed by atoms with van der Waals surface area (Å²) in [5, 5.41) is 2.40. The standard InChI is InChI=1S/C9H20N2/c1-3-8-11(10-2)9-6-4-5-7-9/h9-10H,3-8H2,1-2H3. The van der Waals surface area contributed by atoms with Crippen molar-refractivity contribution in [2.45, 2.75) is 45.1 Å². The molecular formula is C9H20N2. The Labute approximate surface area is 69.9 Å². The molecule has 1 aliphatic rings. The number of nitrogens with zero attached hydrogens (tertiary/aromatic N) is 1. The molecule has 0 aromatic heterocycles. The highest BCUT2D eigenvalue weighted by atomic mass is 15.5. The van der Waals surface area contributed by atoms with Gasteiger partial charge < -0.3 is 0 Å². The monoisotopic (exact) mass is 156 g/mol. The lowest BCUT2D eigenvalue weighted by Crippen LogP contribution is -2.42. The van der Waals surface area contributed by atoms with Crippen LogP contribution in [0.15, 0.2) is 0 Å². The van der Waals surface area contributed by atoms with Gasteiger partial charge in [0.25, 0.3) is 0 Å². The maximum atomic E-state index is 3.28. The van der Waals surface area contributed by atoms with Gasteiger partial charge in [-0.05, 0) is 26.3 Å². The summed E-state index contributed by atoms with van der Waals surface area (Å²) in [5.41, 5.74) is 3.28. The van der Waals surface area contributed by atoms with Crippen molar-refractivity contribution < 1.29 is 0 Å². The topological polar surface area (TPSA) is 15.3 Å². The summed E-state index contributed by atoms with van der Waals surface area (Å²) in [6, 6.07) is 0.819. The van der Waals surface area contributed by atoms with E-state index in [1.54, 1.807) is 0 Å². The SMILES string of the molecule is CCCN(NC)C1CCCC1. The van der Waals surface area contributed by atoms with E-state index in [0.717, 1.165) is 6.04 Å². The molecule has 0 atom stereocenters. The van der Waals surface area contributed by atoms with Crippen LogP contribution in [0.25, 0.3) is 0 Å². The van der Waals surface area contributed by atoms with E-state index in [9.17, 15) is 0 Å². The molecule has 0 radical (unpaired) electrons. The van der Waals surface area contributed by atoms with Crippen LogP contribution in [0.5, 0.6) is 0 Å². The highest BCUT2D eigenvalue weighted by Crippen LogP contribution is 2.21. The fraction of sp³-hybridized carbons (Fsp3) is 1.00. The van der Waals surface area contributed by atoms with Gasteiger partial charge in [-0.15, -0.1) is 0 Å². The zero-order chi connectivity index (χ0) is 8.10. The third kappa shape index (κ3) is 2.46. The molecule has 1 aliphatic carbocycles. The fourth-order valence-electron chi connectivity index (χ4n) is 1.93. The predicted molar refractivity (Wildman–Crippen MR) is 48.3 cm³/mol. The quantitative estimate of drug-likeness (QED) is 0.624. The largest absolute Gasteiger partial charge is 0.258 e. The zero-order valence-corrected chi connectivity index (χ0v) is 7.77. The van der Waals surface area contributed by atoms with Gasteiger partial charge in [-0.25, -0.2) is 5.01 Å². The number of rotatable bonds is 4. The summed E-state index contributed by atoms with van der Waals surface area (Å²) in [6.45, 7) is 3.43. The van der Waals surface area contributed by atoms with Crippen molar-refractivity contribution >= 4 is 0 Å². The molecule has 2 heteroatoms. The molecule has 0 spiro atoms. The van der Waals surface area contributed by atoms with Gasteiger partial charge in [0.1, 0.15) is 0 Å². The van der Waals surface area contributed by atoms with E-state index in [-0.39, 0.29) is 0 Å². The first-order valence-electron chi connectivity index (χ1n) is 4.82. The van der Waals surface area contributed by atoms with E-state index in [1.165, 1.54) is 38.6 Å². The van der Waals surface area contributed by atoms with Crippen molar-refractivity contribution in [3.8, 4) is 0 Å². The Hall–Kier alpha value is -0.0800. The Kier molecular flexibility index (Phi) is 3.87. The van der Waals surface area contributed by atoms with Crippen LogP contribution in [0.3, 0.4) is 0 Å². The third-order valence-corrected chi connectivity index (χ3v) is 2.52. The van der Waals surface area contributed by atoms with Crippen molar-refractivity contribution in [3.63, 3.8) is 0 Å². The van der Waals surface area contributed by atoms with Crippen LogP contribution in [0, 0.1) is 0 Å². The summed E-state index contributed by atoms with van der Waals surface area (Å²) < 4.78 is 0. The molecular weight excluding hydrogens is 136 g/mol. The van der Waals surface area contributed by atoms with Gasteiger partial charge in [-0.3, -0.25) is 5.43 Å². The van der Waals surface area contributed by atoms with Gasteiger partial charge in [0.05, 0.1) is 0 Å². The van der Waals surface area contributed by atoms with Crippen molar-refractivity contribution in [2.24, 2.45) is 0 Å². The lowest BCUT2D eigenvalue weighted by molar-refractivity contribution is 0.141. The summed E-state index contributed by atoms with van der Waals surface area (Å²) in [6.07, 6.45) is 6.87. The van der Waals surface area contributed by atoms with Crippen LogP contribution in [-0.2, 0) is 0 Å². The number of hydrazine groups is 1. The molecule has 0 aliphatic heterocycles. The van der Waals surface area contributed by atoms with E-state index >= 15 is 0 Å². The Morgan fingerprint density at radius 1 is 1.36 bits per heavy atom. The molecule has 0 bridgehead atoms. The summed E-state index contributed by atoms with van der Waals surface area (Å²) in [5.74, 6) is 0. The van der Waals surface area contributed by atoms with E-state index in [2.05, 4.69) is 17.4 Å². The first-order chi connectivity index (χ1) is 5.38.